The number of benzene rings is 2. The van der Waals surface area contributed by atoms with E-state index in [0.717, 1.165) is 16.7 Å². The van der Waals surface area contributed by atoms with Gasteiger partial charge in [0.25, 0.3) is 5.91 Å². The van der Waals surface area contributed by atoms with Crippen molar-refractivity contribution in [2.45, 2.75) is 51.1 Å². The van der Waals surface area contributed by atoms with Crippen molar-refractivity contribution in [2.75, 3.05) is 0 Å². The standard InChI is InChI=1S/C23H26N4O/c28-23(22-11-9-21(10-12-22)20-7-2-1-3-8-20)25-14-18-5-4-6-19(13-18)15-27-17-24-16-26-27/h4-6,9-13,16-17,20H,1-3,7-8,14-15H2,(H,25,28). The van der Waals surface area contributed by atoms with Crippen molar-refractivity contribution in [1.82, 2.24) is 20.1 Å². The number of aromatic nitrogens is 3. The molecule has 1 N–H and O–H groups in total. The molecule has 1 aliphatic carbocycles. The lowest BCUT2D eigenvalue weighted by atomic mass is 9.84. The second-order valence-electron chi connectivity index (χ2n) is 7.55. The van der Waals surface area contributed by atoms with Crippen molar-refractivity contribution < 1.29 is 4.79 Å². The lowest BCUT2D eigenvalue weighted by Crippen LogP contribution is -2.22. The number of nitrogens with zero attached hydrogens (tertiary/aromatic N) is 3. The largest absolute Gasteiger partial charge is 0.348 e. The molecule has 1 heterocycles. The normalized spacial score (nSPS) is 14.7. The van der Waals surface area contributed by atoms with Gasteiger partial charge in [0.2, 0.25) is 0 Å². The lowest BCUT2D eigenvalue weighted by Gasteiger charge is -2.22. The molecule has 0 atom stereocenters. The Morgan fingerprint density at radius 1 is 1.04 bits per heavy atom. The van der Waals surface area contributed by atoms with E-state index in [1.807, 2.05) is 24.3 Å². The molecular formula is C23H26N4O. The summed E-state index contributed by atoms with van der Waals surface area (Å²) in [5.74, 6) is 0.635. The van der Waals surface area contributed by atoms with Gasteiger partial charge in [0.1, 0.15) is 12.7 Å². The van der Waals surface area contributed by atoms with Gasteiger partial charge >= 0.3 is 0 Å². The van der Waals surface area contributed by atoms with Gasteiger partial charge in [-0.25, -0.2) is 9.67 Å². The van der Waals surface area contributed by atoms with Crippen molar-refractivity contribution in [3.05, 3.63) is 83.4 Å². The Labute approximate surface area is 165 Å². The third kappa shape index (κ3) is 4.66. The zero-order chi connectivity index (χ0) is 19.2. The summed E-state index contributed by atoms with van der Waals surface area (Å²) in [5.41, 5.74) is 4.30. The number of rotatable bonds is 6. The van der Waals surface area contributed by atoms with E-state index in [2.05, 4.69) is 39.7 Å². The molecule has 1 fully saturated rings. The van der Waals surface area contributed by atoms with Gasteiger partial charge in [-0.3, -0.25) is 4.79 Å². The molecule has 0 bridgehead atoms. The zero-order valence-corrected chi connectivity index (χ0v) is 16.1. The minimum absolute atomic E-state index is 0.0307. The first kappa shape index (κ1) is 18.4. The second kappa shape index (κ2) is 8.83. The van der Waals surface area contributed by atoms with E-state index >= 15 is 0 Å². The fourth-order valence-corrected chi connectivity index (χ4v) is 3.97. The lowest BCUT2D eigenvalue weighted by molar-refractivity contribution is 0.0951. The van der Waals surface area contributed by atoms with Gasteiger partial charge in [-0.05, 0) is 47.6 Å². The van der Waals surface area contributed by atoms with Crippen LogP contribution >= 0.6 is 0 Å². The third-order valence-corrected chi connectivity index (χ3v) is 5.51. The van der Waals surface area contributed by atoms with Gasteiger partial charge in [0.05, 0.1) is 6.54 Å². The molecule has 0 saturated heterocycles. The van der Waals surface area contributed by atoms with E-state index in [4.69, 9.17) is 0 Å². The van der Waals surface area contributed by atoms with E-state index < -0.39 is 0 Å². The molecule has 4 rings (SSSR count). The predicted octanol–water partition coefficient (Wildman–Crippen LogP) is 4.30. The average Bonchev–Trinajstić information content (AvgIpc) is 3.26. The van der Waals surface area contributed by atoms with Crippen LogP contribution in [0.4, 0.5) is 0 Å². The number of carbonyl (C=O) groups excluding carboxylic acids is 1. The Bertz CT molecular complexity index is 897. The molecule has 0 aliphatic heterocycles. The van der Waals surface area contributed by atoms with Crippen molar-refractivity contribution in [2.24, 2.45) is 0 Å². The van der Waals surface area contributed by atoms with Crippen LogP contribution in [-0.2, 0) is 13.1 Å². The molecule has 5 heteroatoms. The minimum atomic E-state index is -0.0307. The highest BCUT2D eigenvalue weighted by atomic mass is 16.1. The molecule has 1 saturated carbocycles. The maximum absolute atomic E-state index is 12.5. The van der Waals surface area contributed by atoms with E-state index in [1.54, 1.807) is 11.0 Å². The van der Waals surface area contributed by atoms with E-state index in [0.29, 0.717) is 19.0 Å². The van der Waals surface area contributed by atoms with Gasteiger partial charge in [0, 0.05) is 12.1 Å². The summed E-state index contributed by atoms with van der Waals surface area (Å²) < 4.78 is 1.78. The van der Waals surface area contributed by atoms with Crippen LogP contribution in [0, 0.1) is 0 Å². The summed E-state index contributed by atoms with van der Waals surface area (Å²) in [6.45, 7) is 1.18. The van der Waals surface area contributed by atoms with Crippen molar-refractivity contribution in [3.63, 3.8) is 0 Å². The van der Waals surface area contributed by atoms with Crippen LogP contribution in [-0.4, -0.2) is 20.7 Å². The summed E-state index contributed by atoms with van der Waals surface area (Å²) in [4.78, 5) is 16.5. The molecule has 28 heavy (non-hydrogen) atoms. The van der Waals surface area contributed by atoms with Crippen molar-refractivity contribution in [1.29, 1.82) is 0 Å². The molecule has 5 nitrogen and oxygen atoms in total. The Balaban J connectivity index is 1.33. The van der Waals surface area contributed by atoms with Crippen molar-refractivity contribution >= 4 is 5.91 Å². The number of nitrogens with one attached hydrogen (secondary N) is 1. The summed E-state index contributed by atoms with van der Waals surface area (Å²) in [6, 6.07) is 16.4. The van der Waals surface area contributed by atoms with Crippen LogP contribution in [0.2, 0.25) is 0 Å². The molecular weight excluding hydrogens is 348 g/mol. The summed E-state index contributed by atoms with van der Waals surface area (Å²) in [5, 5.41) is 7.16. The average molecular weight is 374 g/mol. The first-order chi connectivity index (χ1) is 13.8. The molecule has 1 aliphatic rings. The second-order valence-corrected chi connectivity index (χ2v) is 7.55. The predicted molar refractivity (Wildman–Crippen MR) is 109 cm³/mol. The van der Waals surface area contributed by atoms with Gasteiger partial charge in [-0.2, -0.15) is 5.10 Å². The first-order valence-electron chi connectivity index (χ1n) is 10.1. The minimum Gasteiger partial charge on any atom is -0.348 e. The first-order valence-corrected chi connectivity index (χ1v) is 10.1. The fourth-order valence-electron chi connectivity index (χ4n) is 3.97. The summed E-state index contributed by atoms with van der Waals surface area (Å²) >= 11 is 0. The molecule has 1 aromatic heterocycles. The van der Waals surface area contributed by atoms with Gasteiger partial charge in [0.15, 0.2) is 0 Å². The van der Waals surface area contributed by atoms with E-state index in [1.165, 1.54) is 44.0 Å². The Morgan fingerprint density at radius 2 is 1.82 bits per heavy atom. The Kier molecular flexibility index (Phi) is 5.80. The van der Waals surface area contributed by atoms with Crippen molar-refractivity contribution in [3.8, 4) is 0 Å². The number of hydrogen-bond donors (Lipinski definition) is 1. The number of hydrogen-bond acceptors (Lipinski definition) is 3. The van der Waals surface area contributed by atoms with Crippen LogP contribution in [0.3, 0.4) is 0 Å². The SMILES string of the molecule is O=C(NCc1cccc(Cn2cncn2)c1)c1ccc(C2CCCCC2)cc1. The van der Waals surface area contributed by atoms with Crippen LogP contribution in [0.1, 0.15) is 65.1 Å². The molecule has 0 unspecified atom stereocenters. The van der Waals surface area contributed by atoms with Gasteiger partial charge in [-0.15, -0.1) is 0 Å². The zero-order valence-electron chi connectivity index (χ0n) is 16.1. The maximum Gasteiger partial charge on any atom is 0.251 e. The number of amides is 1. The van der Waals surface area contributed by atoms with Crippen LogP contribution in [0.25, 0.3) is 0 Å². The monoisotopic (exact) mass is 374 g/mol. The third-order valence-electron chi connectivity index (χ3n) is 5.51. The number of carbonyl (C=O) groups is 1. The summed E-state index contributed by atoms with van der Waals surface area (Å²) in [6.07, 6.45) is 9.78. The van der Waals surface area contributed by atoms with Gasteiger partial charge < -0.3 is 5.32 Å². The molecule has 0 radical (unpaired) electrons. The van der Waals surface area contributed by atoms with E-state index in [-0.39, 0.29) is 5.91 Å². The fraction of sp³-hybridized carbons (Fsp3) is 0.348. The molecule has 0 spiro atoms. The Hall–Kier alpha value is -2.95. The highest BCUT2D eigenvalue weighted by Gasteiger charge is 2.15. The van der Waals surface area contributed by atoms with Crippen LogP contribution < -0.4 is 5.32 Å². The molecule has 1 amide bonds. The van der Waals surface area contributed by atoms with Crippen LogP contribution in [0.15, 0.2) is 61.2 Å². The molecule has 3 aromatic rings. The van der Waals surface area contributed by atoms with Gasteiger partial charge in [-0.1, -0.05) is 55.7 Å². The van der Waals surface area contributed by atoms with Crippen LogP contribution in [0.5, 0.6) is 0 Å². The topological polar surface area (TPSA) is 59.8 Å². The molecule has 144 valence electrons. The molecule has 2 aromatic carbocycles. The smallest absolute Gasteiger partial charge is 0.251 e. The maximum atomic E-state index is 12.5. The Morgan fingerprint density at radius 3 is 2.57 bits per heavy atom. The van der Waals surface area contributed by atoms with E-state index in [9.17, 15) is 4.79 Å². The summed E-state index contributed by atoms with van der Waals surface area (Å²) in [7, 11) is 0. The highest BCUT2D eigenvalue weighted by molar-refractivity contribution is 5.94. The quantitative estimate of drug-likeness (QED) is 0.700. The highest BCUT2D eigenvalue weighted by Crippen LogP contribution is 2.32.